The van der Waals surface area contributed by atoms with Crippen LogP contribution in [0.2, 0.25) is 0 Å². The van der Waals surface area contributed by atoms with Gasteiger partial charge in [0.25, 0.3) is 5.91 Å². The van der Waals surface area contributed by atoms with Crippen LogP contribution >= 0.6 is 0 Å². The van der Waals surface area contributed by atoms with Gasteiger partial charge >= 0.3 is 0 Å². The molecule has 1 rings (SSSR count). The minimum atomic E-state index is -0.132. The van der Waals surface area contributed by atoms with Gasteiger partial charge in [-0.05, 0) is 31.7 Å². The first kappa shape index (κ1) is 16.2. The topological polar surface area (TPSA) is 61.4 Å². The van der Waals surface area contributed by atoms with E-state index < -0.39 is 0 Å². The van der Waals surface area contributed by atoms with Crippen molar-refractivity contribution in [2.24, 2.45) is 5.92 Å². The molecule has 1 aromatic rings. The summed E-state index contributed by atoms with van der Waals surface area (Å²) >= 11 is 0. The number of carbonyl (C=O) groups is 2. The first-order valence-electron chi connectivity index (χ1n) is 6.64. The summed E-state index contributed by atoms with van der Waals surface area (Å²) in [5.74, 6) is -0.270. The lowest BCUT2D eigenvalue weighted by atomic mass is 10.1. The van der Waals surface area contributed by atoms with Crippen molar-refractivity contribution < 1.29 is 9.59 Å². The van der Waals surface area contributed by atoms with E-state index in [1.807, 2.05) is 27.0 Å². The van der Waals surface area contributed by atoms with Crippen molar-refractivity contribution in [1.29, 1.82) is 0 Å². The third-order valence-corrected chi connectivity index (χ3v) is 3.11. The van der Waals surface area contributed by atoms with E-state index in [4.69, 9.17) is 0 Å². The van der Waals surface area contributed by atoms with Crippen LogP contribution in [0, 0.1) is 12.8 Å². The number of aryl methyl sites for hydroxylation is 1. The molecule has 20 heavy (non-hydrogen) atoms. The standard InChI is InChI=1S/C15H23N3O2/c1-10-6-7-12(15(20)18(4)5)8-13(10)17-14(19)11(2)9-16-3/h6-8,11,16H,9H2,1-5H3,(H,17,19). The van der Waals surface area contributed by atoms with Crippen LogP contribution in [0.1, 0.15) is 22.8 Å². The Hall–Kier alpha value is -1.88. The Morgan fingerprint density at radius 3 is 2.50 bits per heavy atom. The first-order valence-corrected chi connectivity index (χ1v) is 6.64. The maximum atomic E-state index is 12.0. The van der Waals surface area contributed by atoms with Gasteiger partial charge in [-0.2, -0.15) is 0 Å². The van der Waals surface area contributed by atoms with E-state index in [1.165, 1.54) is 4.90 Å². The van der Waals surface area contributed by atoms with Gasteiger partial charge in [-0.15, -0.1) is 0 Å². The molecule has 0 heterocycles. The Morgan fingerprint density at radius 2 is 1.95 bits per heavy atom. The van der Waals surface area contributed by atoms with Gasteiger partial charge in [0.15, 0.2) is 0 Å². The smallest absolute Gasteiger partial charge is 0.253 e. The summed E-state index contributed by atoms with van der Waals surface area (Å²) in [6.07, 6.45) is 0. The second-order valence-electron chi connectivity index (χ2n) is 5.18. The zero-order chi connectivity index (χ0) is 15.3. The van der Waals surface area contributed by atoms with Crippen LogP contribution in [-0.2, 0) is 4.79 Å². The Labute approximate surface area is 120 Å². The van der Waals surface area contributed by atoms with E-state index >= 15 is 0 Å². The van der Waals surface area contributed by atoms with Gasteiger partial charge in [0.1, 0.15) is 0 Å². The Morgan fingerprint density at radius 1 is 1.30 bits per heavy atom. The van der Waals surface area contributed by atoms with E-state index in [0.29, 0.717) is 17.8 Å². The molecule has 1 atom stereocenters. The fraction of sp³-hybridized carbons (Fsp3) is 0.467. The molecular formula is C15H23N3O2. The molecule has 0 saturated heterocycles. The van der Waals surface area contributed by atoms with E-state index in [2.05, 4.69) is 10.6 Å². The minimum Gasteiger partial charge on any atom is -0.345 e. The molecule has 5 nitrogen and oxygen atoms in total. The highest BCUT2D eigenvalue weighted by atomic mass is 16.2. The van der Waals surface area contributed by atoms with E-state index in [0.717, 1.165) is 5.56 Å². The molecule has 0 fully saturated rings. The maximum Gasteiger partial charge on any atom is 0.253 e. The lowest BCUT2D eigenvalue weighted by Gasteiger charge is -2.15. The van der Waals surface area contributed by atoms with Crippen molar-refractivity contribution in [1.82, 2.24) is 10.2 Å². The normalized spacial score (nSPS) is 11.8. The predicted octanol–water partition coefficient (Wildman–Crippen LogP) is 1.49. The molecule has 0 spiro atoms. The van der Waals surface area contributed by atoms with Gasteiger partial charge in [-0.3, -0.25) is 9.59 Å². The van der Waals surface area contributed by atoms with Crippen molar-refractivity contribution in [2.45, 2.75) is 13.8 Å². The minimum absolute atomic E-state index is 0.0584. The Balaban J connectivity index is 2.92. The maximum absolute atomic E-state index is 12.0. The first-order chi connectivity index (χ1) is 9.36. The molecule has 0 aliphatic carbocycles. The van der Waals surface area contributed by atoms with Crippen LogP contribution in [-0.4, -0.2) is 44.4 Å². The van der Waals surface area contributed by atoms with Crippen molar-refractivity contribution in [3.05, 3.63) is 29.3 Å². The summed E-state index contributed by atoms with van der Waals surface area (Å²) in [5, 5.41) is 5.85. The van der Waals surface area contributed by atoms with Gasteiger partial charge in [-0.1, -0.05) is 13.0 Å². The SMILES string of the molecule is CNCC(C)C(=O)Nc1cc(C(=O)N(C)C)ccc1C. The van der Waals surface area contributed by atoms with E-state index in [-0.39, 0.29) is 17.7 Å². The van der Waals surface area contributed by atoms with Gasteiger partial charge in [0.2, 0.25) is 5.91 Å². The third kappa shape index (κ3) is 4.06. The molecule has 2 amide bonds. The van der Waals surface area contributed by atoms with Gasteiger partial charge in [0.05, 0.1) is 0 Å². The molecule has 2 N–H and O–H groups in total. The van der Waals surface area contributed by atoms with Crippen molar-refractivity contribution in [3.63, 3.8) is 0 Å². The molecule has 1 unspecified atom stereocenters. The molecule has 0 aliphatic rings. The van der Waals surface area contributed by atoms with Crippen LogP contribution in [0.25, 0.3) is 0 Å². The lowest BCUT2D eigenvalue weighted by molar-refractivity contribution is -0.119. The fourth-order valence-electron chi connectivity index (χ4n) is 1.80. The summed E-state index contributed by atoms with van der Waals surface area (Å²) in [6.45, 7) is 4.37. The van der Waals surface area contributed by atoms with E-state index in [9.17, 15) is 9.59 Å². The molecule has 1 aromatic carbocycles. The highest BCUT2D eigenvalue weighted by molar-refractivity contribution is 5.98. The van der Waals surface area contributed by atoms with Crippen LogP contribution in [0.15, 0.2) is 18.2 Å². The fourth-order valence-corrected chi connectivity index (χ4v) is 1.80. The van der Waals surface area contributed by atoms with Crippen LogP contribution in [0.3, 0.4) is 0 Å². The van der Waals surface area contributed by atoms with E-state index in [1.54, 1.807) is 26.2 Å². The molecule has 5 heteroatoms. The zero-order valence-corrected chi connectivity index (χ0v) is 12.8. The van der Waals surface area contributed by atoms with Crippen molar-refractivity contribution in [2.75, 3.05) is 33.0 Å². The number of anilines is 1. The third-order valence-electron chi connectivity index (χ3n) is 3.11. The van der Waals surface area contributed by atoms with Crippen LogP contribution < -0.4 is 10.6 Å². The van der Waals surface area contributed by atoms with Gasteiger partial charge in [0, 0.05) is 37.8 Å². The summed E-state index contributed by atoms with van der Waals surface area (Å²) < 4.78 is 0. The second kappa shape index (κ2) is 7.05. The molecule has 0 saturated carbocycles. The molecule has 0 aliphatic heterocycles. The number of hydrogen-bond donors (Lipinski definition) is 2. The predicted molar refractivity (Wildman–Crippen MR) is 80.9 cm³/mol. The summed E-state index contributed by atoms with van der Waals surface area (Å²) in [7, 11) is 5.22. The summed E-state index contributed by atoms with van der Waals surface area (Å²) in [4.78, 5) is 25.5. The monoisotopic (exact) mass is 277 g/mol. The largest absolute Gasteiger partial charge is 0.345 e. The zero-order valence-electron chi connectivity index (χ0n) is 12.8. The summed E-state index contributed by atoms with van der Waals surface area (Å²) in [6, 6.07) is 5.33. The lowest BCUT2D eigenvalue weighted by Crippen LogP contribution is -2.29. The average molecular weight is 277 g/mol. The van der Waals surface area contributed by atoms with Crippen molar-refractivity contribution in [3.8, 4) is 0 Å². The van der Waals surface area contributed by atoms with Gasteiger partial charge < -0.3 is 15.5 Å². The van der Waals surface area contributed by atoms with Crippen LogP contribution in [0.5, 0.6) is 0 Å². The Kier molecular flexibility index (Phi) is 5.70. The quantitative estimate of drug-likeness (QED) is 0.857. The number of nitrogens with one attached hydrogen (secondary N) is 2. The molecule has 0 radical (unpaired) electrons. The molecular weight excluding hydrogens is 254 g/mol. The van der Waals surface area contributed by atoms with Crippen LogP contribution in [0.4, 0.5) is 5.69 Å². The number of benzene rings is 1. The Bertz CT molecular complexity index is 498. The number of amides is 2. The molecule has 0 aromatic heterocycles. The van der Waals surface area contributed by atoms with Crippen molar-refractivity contribution >= 4 is 17.5 Å². The molecule has 0 bridgehead atoms. The number of hydrogen-bond acceptors (Lipinski definition) is 3. The molecule has 110 valence electrons. The number of nitrogens with zero attached hydrogens (tertiary/aromatic N) is 1. The highest BCUT2D eigenvalue weighted by Gasteiger charge is 2.15. The highest BCUT2D eigenvalue weighted by Crippen LogP contribution is 2.18. The average Bonchev–Trinajstić information content (AvgIpc) is 2.40. The second-order valence-corrected chi connectivity index (χ2v) is 5.18. The number of carbonyl (C=O) groups excluding carboxylic acids is 2. The van der Waals surface area contributed by atoms with Gasteiger partial charge in [-0.25, -0.2) is 0 Å². The summed E-state index contributed by atoms with van der Waals surface area (Å²) in [5.41, 5.74) is 2.19. The number of rotatable bonds is 5.